The van der Waals surface area contributed by atoms with Crippen LogP contribution in [0, 0.1) is 13.8 Å². The highest BCUT2D eigenvalue weighted by Gasteiger charge is 2.09. The Morgan fingerprint density at radius 3 is 1.45 bits per heavy atom. The third-order valence-corrected chi connectivity index (χ3v) is 2.50. The van der Waals surface area contributed by atoms with E-state index in [9.17, 15) is 0 Å². The number of hydrogen-bond donors (Lipinski definition) is 0. The van der Waals surface area contributed by atoms with Crippen molar-refractivity contribution in [3.05, 3.63) is 42.4 Å². The number of aromatic nitrogens is 3. The molecule has 0 radical (unpaired) electrons. The summed E-state index contributed by atoms with van der Waals surface area (Å²) in [6, 6.07) is 5.63. The summed E-state index contributed by atoms with van der Waals surface area (Å²) in [6.07, 6.45) is 3.32. The van der Waals surface area contributed by atoms with Crippen molar-refractivity contribution in [3.8, 4) is 22.9 Å². The minimum Gasteiger partial charge on any atom is -0.439 e. The van der Waals surface area contributed by atoms with Gasteiger partial charge in [0.1, 0.15) is 11.4 Å². The summed E-state index contributed by atoms with van der Waals surface area (Å²) in [5, 5.41) is 0. The van der Waals surface area contributed by atoms with Crippen LogP contribution in [0.15, 0.2) is 39.4 Å². The van der Waals surface area contributed by atoms with E-state index in [-0.39, 0.29) is 0 Å². The molecule has 0 spiro atoms. The Labute approximate surface area is 131 Å². The summed E-state index contributed by atoms with van der Waals surface area (Å²) in [5.41, 5.74) is 1.45. The quantitative estimate of drug-likeness (QED) is 0.661. The molecule has 0 amide bonds. The summed E-state index contributed by atoms with van der Waals surface area (Å²) in [6.45, 7) is 11.6. The van der Waals surface area contributed by atoms with Gasteiger partial charge in [0, 0.05) is 13.8 Å². The fraction of sp³-hybridized carbons (Fsp3) is 0.353. The van der Waals surface area contributed by atoms with Gasteiger partial charge in [-0.1, -0.05) is 33.8 Å². The fourth-order valence-corrected chi connectivity index (χ4v) is 1.67. The van der Waals surface area contributed by atoms with Gasteiger partial charge in [-0.2, -0.15) is 0 Å². The van der Waals surface area contributed by atoms with E-state index in [0.29, 0.717) is 23.3 Å². The largest absolute Gasteiger partial charge is 0.439 e. The molecule has 0 atom stereocenters. The lowest BCUT2D eigenvalue weighted by Crippen LogP contribution is -1.85. The van der Waals surface area contributed by atoms with Gasteiger partial charge in [-0.3, -0.25) is 0 Å². The van der Waals surface area contributed by atoms with Crippen LogP contribution in [-0.4, -0.2) is 15.0 Å². The smallest absolute Gasteiger partial charge is 0.191 e. The normalized spacial score (nSPS) is 9.36. The Morgan fingerprint density at radius 1 is 0.727 bits per heavy atom. The number of nitrogens with zero attached hydrogens (tertiary/aromatic N) is 3. The lowest BCUT2D eigenvalue weighted by molar-refractivity contribution is 0.529. The third-order valence-electron chi connectivity index (χ3n) is 2.50. The van der Waals surface area contributed by atoms with Crippen LogP contribution in [0.25, 0.3) is 22.9 Å². The first kappa shape index (κ1) is 17.6. The molecular weight excluding hydrogens is 278 g/mol. The first-order valence-electron chi connectivity index (χ1n) is 7.55. The van der Waals surface area contributed by atoms with Crippen LogP contribution in [0.1, 0.15) is 39.5 Å². The number of aryl methyl sites for hydroxylation is 2. The maximum Gasteiger partial charge on any atom is 0.191 e. The third kappa shape index (κ3) is 4.28. The van der Waals surface area contributed by atoms with Crippen molar-refractivity contribution >= 4 is 0 Å². The monoisotopic (exact) mass is 301 g/mol. The van der Waals surface area contributed by atoms with E-state index in [1.54, 1.807) is 26.2 Å². The second-order valence-electron chi connectivity index (χ2n) is 3.90. The van der Waals surface area contributed by atoms with Gasteiger partial charge in [-0.15, -0.1) is 0 Å². The van der Waals surface area contributed by atoms with E-state index in [2.05, 4.69) is 15.0 Å². The highest BCUT2D eigenvalue weighted by molar-refractivity contribution is 5.58. The van der Waals surface area contributed by atoms with Crippen LogP contribution in [0.3, 0.4) is 0 Å². The molecule has 0 fully saturated rings. The van der Waals surface area contributed by atoms with Gasteiger partial charge in [0.25, 0.3) is 0 Å². The van der Waals surface area contributed by atoms with Gasteiger partial charge in [0.2, 0.25) is 0 Å². The van der Waals surface area contributed by atoms with Gasteiger partial charge in [0.05, 0.1) is 12.4 Å². The molecule has 5 heteroatoms. The fourth-order valence-electron chi connectivity index (χ4n) is 1.67. The zero-order valence-corrected chi connectivity index (χ0v) is 14.0. The molecule has 3 aromatic heterocycles. The molecule has 3 aromatic rings. The molecule has 0 N–H and O–H groups in total. The van der Waals surface area contributed by atoms with Crippen LogP contribution >= 0.6 is 0 Å². The Bertz CT molecular complexity index is 631. The Hall–Kier alpha value is -2.43. The SMILES string of the molecule is CC.CC.Cc1ncc(-c2cccc(-c3cnc(C)o3)n2)o1. The topological polar surface area (TPSA) is 65.0 Å². The van der Waals surface area contributed by atoms with Crippen molar-refractivity contribution in [2.24, 2.45) is 0 Å². The molecule has 0 saturated carbocycles. The average Bonchev–Trinajstić information content (AvgIpc) is 3.20. The summed E-state index contributed by atoms with van der Waals surface area (Å²) in [7, 11) is 0. The van der Waals surface area contributed by atoms with E-state index < -0.39 is 0 Å². The summed E-state index contributed by atoms with van der Waals surface area (Å²) in [5.74, 6) is 2.52. The molecular formula is C17H23N3O2. The molecule has 0 aliphatic carbocycles. The summed E-state index contributed by atoms with van der Waals surface area (Å²) >= 11 is 0. The molecule has 0 bridgehead atoms. The number of pyridine rings is 1. The van der Waals surface area contributed by atoms with Crippen molar-refractivity contribution < 1.29 is 8.83 Å². The first-order valence-corrected chi connectivity index (χ1v) is 7.55. The second kappa shape index (κ2) is 8.77. The van der Waals surface area contributed by atoms with Crippen LogP contribution in [-0.2, 0) is 0 Å². The molecule has 0 aliphatic rings. The second-order valence-corrected chi connectivity index (χ2v) is 3.90. The molecule has 22 heavy (non-hydrogen) atoms. The van der Waals surface area contributed by atoms with Gasteiger partial charge in [0.15, 0.2) is 23.3 Å². The summed E-state index contributed by atoms with van der Waals surface area (Å²) in [4.78, 5) is 12.6. The maximum atomic E-state index is 5.45. The zero-order chi connectivity index (χ0) is 16.5. The van der Waals surface area contributed by atoms with Crippen molar-refractivity contribution in [1.29, 1.82) is 0 Å². The molecule has 5 nitrogen and oxygen atoms in total. The van der Waals surface area contributed by atoms with Crippen LogP contribution in [0.5, 0.6) is 0 Å². The molecule has 118 valence electrons. The Kier molecular flexibility index (Phi) is 7.02. The van der Waals surface area contributed by atoms with Crippen LogP contribution in [0.2, 0.25) is 0 Å². The van der Waals surface area contributed by atoms with Crippen LogP contribution in [0.4, 0.5) is 0 Å². The predicted molar refractivity (Wildman–Crippen MR) is 87.4 cm³/mol. The number of oxazole rings is 2. The van der Waals surface area contributed by atoms with Crippen LogP contribution < -0.4 is 0 Å². The molecule has 3 rings (SSSR count). The molecule has 0 saturated heterocycles. The predicted octanol–water partition coefficient (Wildman–Crippen LogP) is 5.06. The van der Waals surface area contributed by atoms with E-state index in [4.69, 9.17) is 8.83 Å². The lowest BCUT2D eigenvalue weighted by Gasteiger charge is -1.98. The van der Waals surface area contributed by atoms with E-state index in [0.717, 1.165) is 11.4 Å². The minimum atomic E-state index is 0.618. The highest BCUT2D eigenvalue weighted by Crippen LogP contribution is 2.23. The van der Waals surface area contributed by atoms with Crippen molar-refractivity contribution in [2.45, 2.75) is 41.5 Å². The highest BCUT2D eigenvalue weighted by atomic mass is 16.4. The van der Waals surface area contributed by atoms with Gasteiger partial charge < -0.3 is 8.83 Å². The molecule has 0 aliphatic heterocycles. The standard InChI is InChI=1S/C13H11N3O2.2C2H6/c1-8-14-6-12(17-8)10-4-3-5-11(16-10)13-7-15-9(2)18-13;2*1-2/h3-7H,1-2H3;2*1-2H3. The number of rotatable bonds is 2. The zero-order valence-electron chi connectivity index (χ0n) is 14.0. The Balaban J connectivity index is 0.000000561. The first-order chi connectivity index (χ1) is 10.7. The molecule has 0 unspecified atom stereocenters. The average molecular weight is 301 g/mol. The van der Waals surface area contributed by atoms with Gasteiger partial charge in [-0.25, -0.2) is 15.0 Å². The van der Waals surface area contributed by atoms with Crippen molar-refractivity contribution in [3.63, 3.8) is 0 Å². The van der Waals surface area contributed by atoms with E-state index >= 15 is 0 Å². The summed E-state index contributed by atoms with van der Waals surface area (Å²) < 4.78 is 10.9. The van der Waals surface area contributed by atoms with Crippen molar-refractivity contribution in [2.75, 3.05) is 0 Å². The molecule has 0 aromatic carbocycles. The minimum absolute atomic E-state index is 0.618. The van der Waals surface area contributed by atoms with E-state index in [1.807, 2.05) is 45.9 Å². The van der Waals surface area contributed by atoms with Crippen molar-refractivity contribution in [1.82, 2.24) is 15.0 Å². The van der Waals surface area contributed by atoms with E-state index in [1.165, 1.54) is 0 Å². The molecule has 3 heterocycles. The lowest BCUT2D eigenvalue weighted by atomic mass is 10.2. The van der Waals surface area contributed by atoms with Gasteiger partial charge >= 0.3 is 0 Å². The number of hydrogen-bond acceptors (Lipinski definition) is 5. The van der Waals surface area contributed by atoms with Gasteiger partial charge in [-0.05, 0) is 12.1 Å². The Morgan fingerprint density at radius 2 is 1.14 bits per heavy atom. The maximum absolute atomic E-state index is 5.45.